The summed E-state index contributed by atoms with van der Waals surface area (Å²) in [5.74, 6) is 1.10. The number of benzene rings is 1. The summed E-state index contributed by atoms with van der Waals surface area (Å²) in [5.41, 5.74) is 0.585. The second-order valence-electron chi connectivity index (χ2n) is 3.53. The van der Waals surface area contributed by atoms with E-state index in [1.807, 2.05) is 0 Å². The molecule has 0 atom stereocenters. The highest BCUT2D eigenvalue weighted by molar-refractivity contribution is 5.93. The van der Waals surface area contributed by atoms with Gasteiger partial charge in [-0.3, -0.25) is 4.79 Å². The largest absolute Gasteiger partial charge is 0.497 e. The minimum Gasteiger partial charge on any atom is -0.497 e. The molecule has 5 nitrogen and oxygen atoms in total. The van der Waals surface area contributed by atoms with Crippen LogP contribution in [-0.2, 0) is 4.79 Å². The van der Waals surface area contributed by atoms with Gasteiger partial charge in [-0.15, -0.1) is 6.58 Å². The number of carbonyl (C=O) groups excluding carboxylic acids is 1. The van der Waals surface area contributed by atoms with Crippen molar-refractivity contribution >= 4 is 11.6 Å². The van der Waals surface area contributed by atoms with Crippen LogP contribution >= 0.6 is 0 Å². The molecule has 0 saturated heterocycles. The molecule has 0 fully saturated rings. The number of hydrogen-bond donors (Lipinski definition) is 2. The number of nitrogens with one attached hydrogen (secondary N) is 2. The van der Waals surface area contributed by atoms with E-state index in [0.29, 0.717) is 23.7 Å². The molecule has 18 heavy (non-hydrogen) atoms. The summed E-state index contributed by atoms with van der Waals surface area (Å²) in [5, 5.41) is 5.67. The minimum absolute atomic E-state index is 0.150. The molecule has 1 aromatic carbocycles. The van der Waals surface area contributed by atoms with Gasteiger partial charge in [0.2, 0.25) is 5.91 Å². The van der Waals surface area contributed by atoms with Crippen molar-refractivity contribution in [2.45, 2.75) is 0 Å². The molecule has 0 aromatic heterocycles. The fraction of sp³-hybridized carbons (Fsp3) is 0.308. The summed E-state index contributed by atoms with van der Waals surface area (Å²) in [4.78, 5) is 11.7. The van der Waals surface area contributed by atoms with Gasteiger partial charge >= 0.3 is 0 Å². The van der Waals surface area contributed by atoms with Gasteiger partial charge in [-0.2, -0.15) is 0 Å². The van der Waals surface area contributed by atoms with Crippen molar-refractivity contribution in [3.8, 4) is 11.5 Å². The van der Waals surface area contributed by atoms with Gasteiger partial charge in [0.15, 0.2) is 0 Å². The number of carbonyl (C=O) groups is 1. The summed E-state index contributed by atoms with van der Waals surface area (Å²) >= 11 is 0. The first-order valence-corrected chi connectivity index (χ1v) is 5.54. The van der Waals surface area contributed by atoms with Gasteiger partial charge in [-0.05, 0) is 12.1 Å². The molecule has 0 radical (unpaired) electrons. The zero-order chi connectivity index (χ0) is 13.4. The Hall–Kier alpha value is -2.01. The average molecular weight is 250 g/mol. The predicted molar refractivity (Wildman–Crippen MR) is 71.2 cm³/mol. The molecule has 2 N–H and O–H groups in total. The third-order valence-corrected chi connectivity index (χ3v) is 2.25. The Morgan fingerprint density at radius 3 is 2.78 bits per heavy atom. The Morgan fingerprint density at radius 1 is 1.39 bits per heavy atom. The highest BCUT2D eigenvalue weighted by atomic mass is 16.5. The number of methoxy groups -OCH3 is 2. The molecule has 0 saturated carbocycles. The van der Waals surface area contributed by atoms with Crippen molar-refractivity contribution in [1.82, 2.24) is 5.32 Å². The van der Waals surface area contributed by atoms with Crippen LogP contribution in [-0.4, -0.2) is 33.2 Å². The maximum atomic E-state index is 11.7. The van der Waals surface area contributed by atoms with E-state index in [1.165, 1.54) is 0 Å². The van der Waals surface area contributed by atoms with Crippen molar-refractivity contribution in [2.75, 3.05) is 32.6 Å². The van der Waals surface area contributed by atoms with E-state index >= 15 is 0 Å². The summed E-state index contributed by atoms with van der Waals surface area (Å²) in [6.45, 7) is 4.36. The van der Waals surface area contributed by atoms with Gasteiger partial charge < -0.3 is 20.1 Å². The van der Waals surface area contributed by atoms with E-state index in [1.54, 1.807) is 38.5 Å². The SMILES string of the molecule is C=CCNCC(=O)Nc1cc(OC)ccc1OC. The molecular weight excluding hydrogens is 232 g/mol. The first-order chi connectivity index (χ1) is 8.71. The number of rotatable bonds is 7. The second-order valence-corrected chi connectivity index (χ2v) is 3.53. The van der Waals surface area contributed by atoms with E-state index in [9.17, 15) is 4.79 Å². The lowest BCUT2D eigenvalue weighted by molar-refractivity contribution is -0.115. The lowest BCUT2D eigenvalue weighted by Crippen LogP contribution is -2.28. The van der Waals surface area contributed by atoms with Gasteiger partial charge in [0.25, 0.3) is 0 Å². The number of hydrogen-bond acceptors (Lipinski definition) is 4. The van der Waals surface area contributed by atoms with Gasteiger partial charge in [-0.25, -0.2) is 0 Å². The Labute approximate surface area is 107 Å². The third-order valence-electron chi connectivity index (χ3n) is 2.25. The Bertz CT molecular complexity index is 419. The molecule has 5 heteroatoms. The van der Waals surface area contributed by atoms with Crippen molar-refractivity contribution < 1.29 is 14.3 Å². The number of ether oxygens (including phenoxy) is 2. The van der Waals surface area contributed by atoms with Crippen molar-refractivity contribution in [3.05, 3.63) is 30.9 Å². The van der Waals surface area contributed by atoms with Crippen LogP contribution in [0.25, 0.3) is 0 Å². The number of amides is 1. The van der Waals surface area contributed by atoms with Gasteiger partial charge in [-0.1, -0.05) is 6.08 Å². The quantitative estimate of drug-likeness (QED) is 0.567. The summed E-state index contributed by atoms with van der Waals surface area (Å²) < 4.78 is 10.3. The zero-order valence-electron chi connectivity index (χ0n) is 10.7. The third kappa shape index (κ3) is 4.10. The maximum Gasteiger partial charge on any atom is 0.238 e. The summed E-state index contributed by atoms with van der Waals surface area (Å²) in [7, 11) is 3.12. The molecule has 0 aliphatic rings. The van der Waals surface area contributed by atoms with Crippen molar-refractivity contribution in [3.63, 3.8) is 0 Å². The zero-order valence-corrected chi connectivity index (χ0v) is 10.7. The van der Waals surface area contributed by atoms with E-state index < -0.39 is 0 Å². The molecule has 0 aliphatic heterocycles. The summed E-state index contributed by atoms with van der Waals surface area (Å²) in [6.07, 6.45) is 1.69. The highest BCUT2D eigenvalue weighted by Crippen LogP contribution is 2.28. The fourth-order valence-corrected chi connectivity index (χ4v) is 1.39. The van der Waals surface area contributed by atoms with Crippen LogP contribution in [0.5, 0.6) is 11.5 Å². The molecule has 98 valence electrons. The predicted octanol–water partition coefficient (Wildman–Crippen LogP) is 1.42. The smallest absolute Gasteiger partial charge is 0.238 e. The molecule has 0 aliphatic carbocycles. The lowest BCUT2D eigenvalue weighted by atomic mass is 10.2. The van der Waals surface area contributed by atoms with Crippen LogP contribution in [0.4, 0.5) is 5.69 Å². The van der Waals surface area contributed by atoms with Crippen LogP contribution in [0.15, 0.2) is 30.9 Å². The molecule has 0 bridgehead atoms. The van der Waals surface area contributed by atoms with E-state index in [-0.39, 0.29) is 12.5 Å². The first-order valence-electron chi connectivity index (χ1n) is 5.54. The molecule has 1 amide bonds. The van der Waals surface area contributed by atoms with E-state index in [0.717, 1.165) is 0 Å². The molecule has 1 aromatic rings. The highest BCUT2D eigenvalue weighted by Gasteiger charge is 2.08. The molecule has 0 heterocycles. The van der Waals surface area contributed by atoms with Gasteiger partial charge in [0, 0.05) is 12.6 Å². The lowest BCUT2D eigenvalue weighted by Gasteiger charge is -2.11. The number of anilines is 1. The van der Waals surface area contributed by atoms with Crippen molar-refractivity contribution in [2.24, 2.45) is 0 Å². The van der Waals surface area contributed by atoms with Gasteiger partial charge in [0.1, 0.15) is 11.5 Å². The van der Waals surface area contributed by atoms with E-state index in [4.69, 9.17) is 9.47 Å². The minimum atomic E-state index is -0.150. The maximum absolute atomic E-state index is 11.7. The standard InChI is InChI=1S/C13H18N2O3/c1-4-7-14-9-13(16)15-11-8-10(17-2)5-6-12(11)18-3/h4-6,8,14H,1,7,9H2,2-3H3,(H,15,16). The topological polar surface area (TPSA) is 59.6 Å². The average Bonchev–Trinajstić information content (AvgIpc) is 2.39. The normalized spacial score (nSPS) is 9.67. The molecular formula is C13H18N2O3. The van der Waals surface area contributed by atoms with Gasteiger partial charge in [0.05, 0.1) is 26.5 Å². The Morgan fingerprint density at radius 2 is 2.17 bits per heavy atom. The Kier molecular flexibility index (Phi) is 5.73. The molecule has 1 rings (SSSR count). The van der Waals surface area contributed by atoms with E-state index in [2.05, 4.69) is 17.2 Å². The second kappa shape index (κ2) is 7.34. The Balaban J connectivity index is 2.69. The fourth-order valence-electron chi connectivity index (χ4n) is 1.39. The van der Waals surface area contributed by atoms with Crippen LogP contribution in [0, 0.1) is 0 Å². The summed E-state index contributed by atoms with van der Waals surface area (Å²) in [6, 6.07) is 5.22. The molecule has 0 unspecified atom stereocenters. The van der Waals surface area contributed by atoms with Crippen molar-refractivity contribution in [1.29, 1.82) is 0 Å². The van der Waals surface area contributed by atoms with Crippen LogP contribution in [0.1, 0.15) is 0 Å². The van der Waals surface area contributed by atoms with Crippen LogP contribution < -0.4 is 20.1 Å². The van der Waals surface area contributed by atoms with Crippen LogP contribution in [0.3, 0.4) is 0 Å². The monoisotopic (exact) mass is 250 g/mol. The van der Waals surface area contributed by atoms with Crippen LogP contribution in [0.2, 0.25) is 0 Å². The first kappa shape index (κ1) is 14.1. The molecule has 0 spiro atoms.